The zero-order chi connectivity index (χ0) is 9.64. The fraction of sp³-hybridized carbons (Fsp3) is 1.00. The smallest absolute Gasteiger partial charge is 0.279 e. The van der Waals surface area contributed by atoms with Crippen LogP contribution in [-0.2, 0) is 10.2 Å². The summed E-state index contributed by atoms with van der Waals surface area (Å²) in [5.74, 6) is 1.05. The standard InChI is InChI=1S/C7H15N3O2S.ClH/c1-10(2)13(11,12)9-7-5-3-8-4-6(5)7;/h5-9H,3-4H2,1-2H3;1H. The maximum absolute atomic E-state index is 11.4. The molecule has 0 spiro atoms. The number of fused-ring (bicyclic) bond motifs is 1. The van der Waals surface area contributed by atoms with Crippen molar-refractivity contribution in [2.24, 2.45) is 11.8 Å². The van der Waals surface area contributed by atoms with Crippen molar-refractivity contribution in [3.05, 3.63) is 0 Å². The second-order valence-corrected chi connectivity index (χ2v) is 5.83. The van der Waals surface area contributed by atoms with E-state index < -0.39 is 10.2 Å². The molecule has 2 aliphatic rings. The quantitative estimate of drug-likeness (QED) is 0.668. The Kier molecular flexibility index (Phi) is 3.43. The topological polar surface area (TPSA) is 61.4 Å². The zero-order valence-electron chi connectivity index (χ0n) is 8.23. The normalized spacial score (nSPS) is 35.2. The first-order chi connectivity index (χ1) is 6.02. The molecular formula is C7H16ClN3O2S. The first-order valence-corrected chi connectivity index (χ1v) is 5.87. The summed E-state index contributed by atoms with van der Waals surface area (Å²) in [7, 11) is -0.141. The minimum absolute atomic E-state index is 0. The number of halogens is 1. The molecule has 7 heteroatoms. The van der Waals surface area contributed by atoms with Crippen LogP contribution in [0.15, 0.2) is 0 Å². The van der Waals surface area contributed by atoms with E-state index in [1.165, 1.54) is 4.31 Å². The van der Waals surface area contributed by atoms with Crippen LogP contribution in [0, 0.1) is 11.8 Å². The highest BCUT2D eigenvalue weighted by molar-refractivity contribution is 7.87. The molecule has 0 aromatic rings. The van der Waals surface area contributed by atoms with Gasteiger partial charge in [0.05, 0.1) is 0 Å². The van der Waals surface area contributed by atoms with Crippen LogP contribution in [0.4, 0.5) is 0 Å². The average molecular weight is 242 g/mol. The molecule has 2 unspecified atom stereocenters. The van der Waals surface area contributed by atoms with Crippen LogP contribution in [-0.4, -0.2) is 45.9 Å². The molecule has 84 valence electrons. The molecule has 0 aromatic carbocycles. The summed E-state index contributed by atoms with van der Waals surface area (Å²) in [5, 5.41) is 3.22. The summed E-state index contributed by atoms with van der Waals surface area (Å²) >= 11 is 0. The highest BCUT2D eigenvalue weighted by Crippen LogP contribution is 2.41. The van der Waals surface area contributed by atoms with Gasteiger partial charge in [0.15, 0.2) is 0 Å². The van der Waals surface area contributed by atoms with Crippen LogP contribution >= 0.6 is 12.4 Å². The van der Waals surface area contributed by atoms with Crippen LogP contribution in [0.25, 0.3) is 0 Å². The Balaban J connectivity index is 0.000000980. The van der Waals surface area contributed by atoms with Gasteiger partial charge in [-0.3, -0.25) is 0 Å². The third-order valence-corrected chi connectivity index (χ3v) is 4.39. The summed E-state index contributed by atoms with van der Waals surface area (Å²) in [6.07, 6.45) is 0. The third kappa shape index (κ3) is 2.04. The van der Waals surface area contributed by atoms with Crippen molar-refractivity contribution in [3.63, 3.8) is 0 Å². The van der Waals surface area contributed by atoms with Gasteiger partial charge in [-0.15, -0.1) is 12.4 Å². The van der Waals surface area contributed by atoms with Crippen molar-refractivity contribution in [2.75, 3.05) is 27.2 Å². The molecule has 1 saturated heterocycles. The van der Waals surface area contributed by atoms with E-state index in [-0.39, 0.29) is 18.4 Å². The number of hydrogen-bond acceptors (Lipinski definition) is 3. The molecule has 1 aliphatic carbocycles. The number of nitrogens with zero attached hydrogens (tertiary/aromatic N) is 1. The van der Waals surface area contributed by atoms with E-state index in [9.17, 15) is 8.42 Å². The van der Waals surface area contributed by atoms with E-state index in [0.717, 1.165) is 13.1 Å². The van der Waals surface area contributed by atoms with E-state index in [0.29, 0.717) is 11.8 Å². The fourth-order valence-corrected chi connectivity index (χ4v) is 2.77. The number of hydrogen-bond donors (Lipinski definition) is 2. The van der Waals surface area contributed by atoms with Crippen LogP contribution in [0.5, 0.6) is 0 Å². The lowest BCUT2D eigenvalue weighted by molar-refractivity contribution is 0.496. The van der Waals surface area contributed by atoms with E-state index in [2.05, 4.69) is 10.0 Å². The van der Waals surface area contributed by atoms with Crippen molar-refractivity contribution in [1.82, 2.24) is 14.3 Å². The number of rotatable bonds is 3. The summed E-state index contributed by atoms with van der Waals surface area (Å²) in [5.41, 5.74) is 0. The first-order valence-electron chi connectivity index (χ1n) is 4.43. The Morgan fingerprint density at radius 1 is 1.29 bits per heavy atom. The summed E-state index contributed by atoms with van der Waals surface area (Å²) in [4.78, 5) is 0. The molecule has 14 heavy (non-hydrogen) atoms. The van der Waals surface area contributed by atoms with E-state index in [1.807, 2.05) is 0 Å². The Bertz CT molecular complexity index is 296. The lowest BCUT2D eigenvalue weighted by Gasteiger charge is -2.13. The van der Waals surface area contributed by atoms with Crippen molar-refractivity contribution in [1.29, 1.82) is 0 Å². The minimum Gasteiger partial charge on any atom is -0.316 e. The van der Waals surface area contributed by atoms with Gasteiger partial charge in [-0.05, 0) is 24.9 Å². The van der Waals surface area contributed by atoms with Crippen LogP contribution in [0.3, 0.4) is 0 Å². The first kappa shape index (κ1) is 12.2. The van der Waals surface area contributed by atoms with Crippen molar-refractivity contribution < 1.29 is 8.42 Å². The predicted molar refractivity (Wildman–Crippen MR) is 56.6 cm³/mol. The van der Waals surface area contributed by atoms with Gasteiger partial charge in [-0.25, -0.2) is 0 Å². The second kappa shape index (κ2) is 3.94. The van der Waals surface area contributed by atoms with Crippen molar-refractivity contribution in [3.8, 4) is 0 Å². The summed E-state index contributed by atoms with van der Waals surface area (Å²) in [6.45, 7) is 1.90. The highest BCUT2D eigenvalue weighted by atomic mass is 35.5. The van der Waals surface area contributed by atoms with Crippen LogP contribution in [0.2, 0.25) is 0 Å². The third-order valence-electron chi connectivity index (χ3n) is 2.86. The van der Waals surface area contributed by atoms with Gasteiger partial charge >= 0.3 is 0 Å². The fourth-order valence-electron chi connectivity index (χ4n) is 1.87. The van der Waals surface area contributed by atoms with Gasteiger partial charge in [-0.2, -0.15) is 17.4 Å². The van der Waals surface area contributed by atoms with Gasteiger partial charge in [0.2, 0.25) is 0 Å². The van der Waals surface area contributed by atoms with Crippen LogP contribution < -0.4 is 10.0 Å². The van der Waals surface area contributed by atoms with Gasteiger partial charge in [0.1, 0.15) is 0 Å². The minimum atomic E-state index is -3.22. The van der Waals surface area contributed by atoms with E-state index >= 15 is 0 Å². The Morgan fingerprint density at radius 3 is 2.21 bits per heavy atom. The molecule has 1 saturated carbocycles. The molecular weight excluding hydrogens is 226 g/mol. The van der Waals surface area contributed by atoms with Gasteiger partial charge < -0.3 is 5.32 Å². The van der Waals surface area contributed by atoms with Gasteiger partial charge in [-0.1, -0.05) is 0 Å². The largest absolute Gasteiger partial charge is 0.316 e. The monoisotopic (exact) mass is 241 g/mol. The molecule has 0 aromatic heterocycles. The Labute approximate surface area is 90.8 Å². The molecule has 1 aliphatic heterocycles. The molecule has 0 amide bonds. The zero-order valence-corrected chi connectivity index (χ0v) is 9.86. The SMILES string of the molecule is CN(C)S(=O)(=O)NC1C2CNCC21.Cl. The summed E-state index contributed by atoms with van der Waals surface area (Å²) in [6, 6.07) is 0.175. The van der Waals surface area contributed by atoms with Gasteiger partial charge in [0.25, 0.3) is 10.2 Å². The Hall–Kier alpha value is 0.120. The number of piperidine rings is 1. The number of nitrogens with one attached hydrogen (secondary N) is 2. The average Bonchev–Trinajstić information content (AvgIpc) is 2.49. The molecule has 2 N–H and O–H groups in total. The molecule has 2 atom stereocenters. The molecule has 5 nitrogen and oxygen atoms in total. The van der Waals surface area contributed by atoms with E-state index in [4.69, 9.17) is 0 Å². The molecule has 1 heterocycles. The van der Waals surface area contributed by atoms with Gasteiger partial charge in [0, 0.05) is 20.1 Å². The lowest BCUT2D eigenvalue weighted by Crippen LogP contribution is -2.40. The molecule has 0 bridgehead atoms. The molecule has 0 radical (unpaired) electrons. The molecule has 2 rings (SSSR count). The molecule has 2 fully saturated rings. The second-order valence-electron chi connectivity index (χ2n) is 3.92. The highest BCUT2D eigenvalue weighted by Gasteiger charge is 2.54. The maximum Gasteiger partial charge on any atom is 0.279 e. The van der Waals surface area contributed by atoms with Crippen LogP contribution in [0.1, 0.15) is 0 Å². The Morgan fingerprint density at radius 2 is 1.79 bits per heavy atom. The lowest BCUT2D eigenvalue weighted by atomic mass is 10.4. The van der Waals surface area contributed by atoms with Crippen molar-refractivity contribution >= 4 is 22.6 Å². The maximum atomic E-state index is 11.4. The predicted octanol–water partition coefficient (Wildman–Crippen LogP) is -0.978. The van der Waals surface area contributed by atoms with Crippen molar-refractivity contribution in [2.45, 2.75) is 6.04 Å². The van der Waals surface area contributed by atoms with E-state index in [1.54, 1.807) is 14.1 Å². The summed E-state index contributed by atoms with van der Waals surface area (Å²) < 4.78 is 26.7.